The van der Waals surface area contributed by atoms with Gasteiger partial charge in [-0.2, -0.15) is 0 Å². The van der Waals surface area contributed by atoms with Crippen molar-refractivity contribution in [3.63, 3.8) is 0 Å². The van der Waals surface area contributed by atoms with Gasteiger partial charge >= 0.3 is 0 Å². The second-order valence-electron chi connectivity index (χ2n) is 4.66. The average molecular weight is 156 g/mol. The van der Waals surface area contributed by atoms with Gasteiger partial charge in [-0.15, -0.1) is 0 Å². The number of hydrogen-bond donors (Lipinski definition) is 2. The third-order valence-electron chi connectivity index (χ3n) is 2.60. The molecule has 1 aliphatic heterocycles. The molecule has 0 spiro atoms. The van der Waals surface area contributed by atoms with Crippen molar-refractivity contribution >= 4 is 0 Å². The van der Waals surface area contributed by atoms with Crippen molar-refractivity contribution in [2.45, 2.75) is 33.2 Å². The van der Waals surface area contributed by atoms with Gasteiger partial charge in [0.05, 0.1) is 0 Å². The molecule has 2 nitrogen and oxygen atoms in total. The summed E-state index contributed by atoms with van der Waals surface area (Å²) in [5.41, 5.74) is 5.99. The second kappa shape index (κ2) is 3.11. The van der Waals surface area contributed by atoms with E-state index in [9.17, 15) is 0 Å². The van der Waals surface area contributed by atoms with Gasteiger partial charge in [0.25, 0.3) is 0 Å². The molecule has 2 unspecified atom stereocenters. The summed E-state index contributed by atoms with van der Waals surface area (Å²) < 4.78 is 0. The first-order valence-electron chi connectivity index (χ1n) is 4.47. The number of nitrogens with two attached hydrogens (primary N) is 1. The van der Waals surface area contributed by atoms with Gasteiger partial charge in [0, 0.05) is 6.04 Å². The minimum atomic E-state index is 0.393. The second-order valence-corrected chi connectivity index (χ2v) is 4.66. The summed E-state index contributed by atoms with van der Waals surface area (Å²) >= 11 is 0. The van der Waals surface area contributed by atoms with Crippen LogP contribution in [-0.4, -0.2) is 19.1 Å². The fraction of sp³-hybridized carbons (Fsp3) is 1.00. The third kappa shape index (κ3) is 2.17. The van der Waals surface area contributed by atoms with E-state index in [0.717, 1.165) is 13.1 Å². The van der Waals surface area contributed by atoms with Crippen LogP contribution in [0.5, 0.6) is 0 Å². The molecular weight excluding hydrogens is 136 g/mol. The molecule has 0 aromatic heterocycles. The number of nitrogens with one attached hydrogen (secondary N) is 1. The Labute approximate surface area is 69.5 Å². The van der Waals surface area contributed by atoms with Crippen LogP contribution in [0.3, 0.4) is 0 Å². The van der Waals surface area contributed by atoms with Gasteiger partial charge < -0.3 is 11.1 Å². The molecule has 0 aromatic rings. The zero-order chi connectivity index (χ0) is 8.48. The summed E-state index contributed by atoms with van der Waals surface area (Å²) in [7, 11) is 0. The average Bonchev–Trinajstić information content (AvgIpc) is 2.32. The summed E-state index contributed by atoms with van der Waals surface area (Å²) in [6.07, 6.45) is 1.25. The molecule has 66 valence electrons. The maximum absolute atomic E-state index is 5.60. The van der Waals surface area contributed by atoms with Crippen molar-refractivity contribution in [2.24, 2.45) is 17.1 Å². The van der Waals surface area contributed by atoms with Gasteiger partial charge in [0.1, 0.15) is 0 Å². The molecular formula is C9H20N2. The van der Waals surface area contributed by atoms with E-state index in [1.165, 1.54) is 6.42 Å². The van der Waals surface area contributed by atoms with Gasteiger partial charge in [0.2, 0.25) is 0 Å². The highest BCUT2D eigenvalue weighted by Crippen LogP contribution is 2.28. The Morgan fingerprint density at radius 1 is 1.45 bits per heavy atom. The molecule has 3 N–H and O–H groups in total. The molecule has 1 fully saturated rings. The molecule has 11 heavy (non-hydrogen) atoms. The van der Waals surface area contributed by atoms with E-state index >= 15 is 0 Å². The lowest BCUT2D eigenvalue weighted by Gasteiger charge is -2.26. The highest BCUT2D eigenvalue weighted by atomic mass is 15.0. The molecule has 0 aliphatic carbocycles. The largest absolute Gasteiger partial charge is 0.330 e. The highest BCUT2D eigenvalue weighted by Gasteiger charge is 2.31. The third-order valence-corrected chi connectivity index (χ3v) is 2.60. The van der Waals surface area contributed by atoms with Gasteiger partial charge in [-0.3, -0.25) is 0 Å². The first-order chi connectivity index (χ1) is 5.04. The van der Waals surface area contributed by atoms with Crippen LogP contribution < -0.4 is 11.1 Å². The van der Waals surface area contributed by atoms with Gasteiger partial charge in [-0.05, 0) is 30.8 Å². The normalized spacial score (nSPS) is 32.7. The van der Waals surface area contributed by atoms with Gasteiger partial charge in [-0.25, -0.2) is 0 Å². The first-order valence-corrected chi connectivity index (χ1v) is 4.47. The molecule has 0 aromatic carbocycles. The highest BCUT2D eigenvalue weighted by molar-refractivity contribution is 4.89. The fourth-order valence-electron chi connectivity index (χ4n) is 1.65. The van der Waals surface area contributed by atoms with Crippen LogP contribution in [0.25, 0.3) is 0 Å². The Kier molecular flexibility index (Phi) is 2.55. The first kappa shape index (κ1) is 9.01. The SMILES string of the molecule is CC(C)(C)C1CC(CN)CN1. The van der Waals surface area contributed by atoms with Crippen LogP contribution in [-0.2, 0) is 0 Å². The molecule has 1 aliphatic rings. The Bertz CT molecular complexity index is 126. The van der Waals surface area contributed by atoms with E-state index in [-0.39, 0.29) is 0 Å². The zero-order valence-electron chi connectivity index (χ0n) is 7.85. The molecule has 1 rings (SSSR count). The van der Waals surface area contributed by atoms with Gasteiger partial charge in [0.15, 0.2) is 0 Å². The summed E-state index contributed by atoms with van der Waals surface area (Å²) in [6.45, 7) is 8.79. The van der Waals surface area contributed by atoms with Crippen molar-refractivity contribution in [1.82, 2.24) is 5.32 Å². The van der Waals surface area contributed by atoms with Crippen LogP contribution >= 0.6 is 0 Å². The smallest absolute Gasteiger partial charge is 0.0119 e. The van der Waals surface area contributed by atoms with Crippen LogP contribution in [0, 0.1) is 11.3 Å². The van der Waals surface area contributed by atoms with Crippen molar-refractivity contribution < 1.29 is 0 Å². The Morgan fingerprint density at radius 2 is 2.09 bits per heavy atom. The summed E-state index contributed by atoms with van der Waals surface area (Å²) in [5, 5.41) is 3.52. The van der Waals surface area contributed by atoms with Crippen LogP contribution in [0.2, 0.25) is 0 Å². The molecule has 1 saturated heterocycles. The van der Waals surface area contributed by atoms with E-state index in [2.05, 4.69) is 26.1 Å². The predicted octanol–water partition coefficient (Wildman–Crippen LogP) is 0.969. The lowest BCUT2D eigenvalue weighted by Crippen LogP contribution is -2.34. The van der Waals surface area contributed by atoms with E-state index in [1.54, 1.807) is 0 Å². The summed E-state index contributed by atoms with van der Waals surface area (Å²) in [5.74, 6) is 0.708. The van der Waals surface area contributed by atoms with Crippen LogP contribution in [0.15, 0.2) is 0 Å². The molecule has 0 radical (unpaired) electrons. The molecule has 0 saturated carbocycles. The van der Waals surface area contributed by atoms with Crippen LogP contribution in [0.1, 0.15) is 27.2 Å². The Hall–Kier alpha value is -0.0800. The minimum Gasteiger partial charge on any atom is -0.330 e. The topological polar surface area (TPSA) is 38.0 Å². The Balaban J connectivity index is 2.42. The minimum absolute atomic E-state index is 0.393. The van der Waals surface area contributed by atoms with Gasteiger partial charge in [-0.1, -0.05) is 20.8 Å². The quantitative estimate of drug-likeness (QED) is 0.593. The molecule has 0 bridgehead atoms. The predicted molar refractivity (Wildman–Crippen MR) is 48.4 cm³/mol. The lowest BCUT2D eigenvalue weighted by atomic mass is 9.84. The zero-order valence-corrected chi connectivity index (χ0v) is 7.85. The van der Waals surface area contributed by atoms with Crippen molar-refractivity contribution in [1.29, 1.82) is 0 Å². The summed E-state index contributed by atoms with van der Waals surface area (Å²) in [6, 6.07) is 0.663. The maximum Gasteiger partial charge on any atom is 0.0119 e. The summed E-state index contributed by atoms with van der Waals surface area (Å²) in [4.78, 5) is 0. The maximum atomic E-state index is 5.60. The molecule has 1 heterocycles. The molecule has 2 atom stereocenters. The van der Waals surface area contributed by atoms with Crippen molar-refractivity contribution in [3.05, 3.63) is 0 Å². The van der Waals surface area contributed by atoms with E-state index in [1.807, 2.05) is 0 Å². The van der Waals surface area contributed by atoms with Crippen molar-refractivity contribution in [3.8, 4) is 0 Å². The molecule has 0 amide bonds. The van der Waals surface area contributed by atoms with E-state index in [4.69, 9.17) is 5.73 Å². The van der Waals surface area contributed by atoms with E-state index < -0.39 is 0 Å². The number of hydrogen-bond acceptors (Lipinski definition) is 2. The van der Waals surface area contributed by atoms with Crippen molar-refractivity contribution in [2.75, 3.05) is 13.1 Å². The van der Waals surface area contributed by atoms with Crippen LogP contribution in [0.4, 0.5) is 0 Å². The lowest BCUT2D eigenvalue weighted by molar-refractivity contribution is 0.290. The molecule has 2 heteroatoms. The monoisotopic (exact) mass is 156 g/mol. The van der Waals surface area contributed by atoms with E-state index in [0.29, 0.717) is 17.4 Å². The Morgan fingerprint density at radius 3 is 2.36 bits per heavy atom. The number of rotatable bonds is 1. The standard InChI is InChI=1S/C9H20N2/c1-9(2,3)8-4-7(5-10)6-11-8/h7-8,11H,4-6,10H2,1-3H3. The fourth-order valence-corrected chi connectivity index (χ4v) is 1.65.